The number of benzene rings is 2. The summed E-state index contributed by atoms with van der Waals surface area (Å²) in [6.45, 7) is 12.8. The van der Waals surface area contributed by atoms with E-state index >= 15 is 0 Å². The number of hydrogen-bond donors (Lipinski definition) is 1. The minimum Gasteiger partial charge on any atom is -0.507 e. The molecule has 2 heterocycles. The summed E-state index contributed by atoms with van der Waals surface area (Å²) < 4.78 is 22.7. The van der Waals surface area contributed by atoms with Gasteiger partial charge in [0.25, 0.3) is 11.7 Å². The molecular formula is C32H42N2O7. The largest absolute Gasteiger partial charge is 0.507 e. The number of carbonyl (C=O) groups excluding carboxylic acids is 2. The molecule has 0 spiro atoms. The van der Waals surface area contributed by atoms with Crippen molar-refractivity contribution in [3.05, 3.63) is 58.7 Å². The first kappa shape index (κ1) is 30.4. The smallest absolute Gasteiger partial charge is 0.295 e. The molecule has 0 saturated carbocycles. The average Bonchev–Trinajstić information content (AvgIpc) is 3.22. The number of rotatable bonds is 12. The Bertz CT molecular complexity index is 1270. The van der Waals surface area contributed by atoms with E-state index < -0.39 is 17.7 Å². The lowest BCUT2D eigenvalue weighted by molar-refractivity contribution is -0.140. The van der Waals surface area contributed by atoms with Crippen molar-refractivity contribution in [3.8, 4) is 17.2 Å². The molecule has 9 nitrogen and oxygen atoms in total. The summed E-state index contributed by atoms with van der Waals surface area (Å²) in [5.74, 6) is 0.721. The zero-order valence-electron chi connectivity index (χ0n) is 24.8. The van der Waals surface area contributed by atoms with Crippen molar-refractivity contribution in [1.29, 1.82) is 0 Å². The van der Waals surface area contributed by atoms with Crippen LogP contribution in [0.2, 0.25) is 0 Å². The lowest BCUT2D eigenvalue weighted by atomic mass is 9.94. The number of carbonyl (C=O) groups is 2. The standard InChI is InChI=1S/C32H42N2O7/c1-6-40-25-9-8-24(19-22(25)4)30(35)28-29(23-7-10-26(27(20-23)38-5)41-16-11-21(2)3)34(32(37)31(28)36)13-12-33-14-17-39-18-15-33/h7-10,19-21,29,35H,6,11-18H2,1-5H3/b30-28+. The normalized spacial score (nSPS) is 19.2. The fourth-order valence-corrected chi connectivity index (χ4v) is 5.18. The Hall–Kier alpha value is -3.56. The number of hydrogen-bond acceptors (Lipinski definition) is 8. The van der Waals surface area contributed by atoms with Crippen molar-refractivity contribution in [3.63, 3.8) is 0 Å². The summed E-state index contributed by atoms with van der Waals surface area (Å²) in [5.41, 5.74) is 1.97. The Kier molecular flexibility index (Phi) is 10.3. The number of aliphatic hydroxyl groups is 1. The van der Waals surface area contributed by atoms with Crippen LogP contribution >= 0.6 is 0 Å². The summed E-state index contributed by atoms with van der Waals surface area (Å²) in [6, 6.07) is 9.88. The molecule has 2 aliphatic rings. The quantitative estimate of drug-likeness (QED) is 0.227. The molecule has 222 valence electrons. The number of methoxy groups -OCH3 is 1. The fourth-order valence-electron chi connectivity index (χ4n) is 5.18. The molecule has 0 radical (unpaired) electrons. The van der Waals surface area contributed by atoms with E-state index in [1.807, 2.05) is 19.9 Å². The molecule has 1 amide bonds. The molecule has 2 aliphatic heterocycles. The maximum Gasteiger partial charge on any atom is 0.295 e. The van der Waals surface area contributed by atoms with Crippen LogP contribution in [0.15, 0.2) is 42.0 Å². The van der Waals surface area contributed by atoms with Crippen molar-refractivity contribution in [2.45, 2.75) is 40.2 Å². The van der Waals surface area contributed by atoms with Crippen LogP contribution in [0.1, 0.15) is 49.9 Å². The van der Waals surface area contributed by atoms with Gasteiger partial charge >= 0.3 is 0 Å². The zero-order valence-corrected chi connectivity index (χ0v) is 24.8. The van der Waals surface area contributed by atoms with Gasteiger partial charge < -0.3 is 29.0 Å². The first-order valence-electron chi connectivity index (χ1n) is 14.4. The van der Waals surface area contributed by atoms with E-state index in [-0.39, 0.29) is 11.3 Å². The monoisotopic (exact) mass is 566 g/mol. The van der Waals surface area contributed by atoms with Gasteiger partial charge in [0.15, 0.2) is 11.5 Å². The van der Waals surface area contributed by atoms with Crippen LogP contribution < -0.4 is 14.2 Å². The lowest BCUT2D eigenvalue weighted by Gasteiger charge is -2.31. The predicted molar refractivity (Wildman–Crippen MR) is 157 cm³/mol. The number of nitrogens with zero attached hydrogens (tertiary/aromatic N) is 2. The molecule has 0 bridgehead atoms. The lowest BCUT2D eigenvalue weighted by Crippen LogP contribution is -2.42. The average molecular weight is 567 g/mol. The van der Waals surface area contributed by atoms with Crippen LogP contribution in [0.4, 0.5) is 0 Å². The van der Waals surface area contributed by atoms with Crippen LogP contribution in [0.3, 0.4) is 0 Å². The molecule has 1 atom stereocenters. The molecule has 2 fully saturated rings. The Morgan fingerprint density at radius 1 is 1.02 bits per heavy atom. The Morgan fingerprint density at radius 2 is 1.76 bits per heavy atom. The second kappa shape index (κ2) is 13.9. The Balaban J connectivity index is 1.74. The van der Waals surface area contributed by atoms with E-state index in [0.717, 1.165) is 25.1 Å². The second-order valence-corrected chi connectivity index (χ2v) is 10.8. The van der Waals surface area contributed by atoms with Crippen molar-refractivity contribution < 1.29 is 33.6 Å². The van der Waals surface area contributed by atoms with Gasteiger partial charge in [0.1, 0.15) is 11.5 Å². The third kappa shape index (κ3) is 7.02. The summed E-state index contributed by atoms with van der Waals surface area (Å²) in [6.07, 6.45) is 0.897. The summed E-state index contributed by atoms with van der Waals surface area (Å²) in [7, 11) is 1.56. The molecule has 0 aliphatic carbocycles. The third-order valence-electron chi connectivity index (χ3n) is 7.51. The predicted octanol–water partition coefficient (Wildman–Crippen LogP) is 4.58. The van der Waals surface area contributed by atoms with Gasteiger partial charge in [-0.15, -0.1) is 0 Å². The second-order valence-electron chi connectivity index (χ2n) is 10.8. The maximum atomic E-state index is 13.5. The molecule has 0 aromatic heterocycles. The summed E-state index contributed by atoms with van der Waals surface area (Å²) in [4.78, 5) is 30.7. The molecular weight excluding hydrogens is 524 g/mol. The molecule has 9 heteroatoms. The molecule has 41 heavy (non-hydrogen) atoms. The number of morpholine rings is 1. The van der Waals surface area contributed by atoms with Crippen LogP contribution in [0.5, 0.6) is 17.2 Å². The first-order chi connectivity index (χ1) is 19.7. The number of Topliss-reactive ketones (excluding diaryl/α,β-unsaturated/α-hetero) is 1. The first-order valence-corrected chi connectivity index (χ1v) is 14.4. The van der Waals surface area contributed by atoms with Gasteiger partial charge in [0, 0.05) is 31.7 Å². The van der Waals surface area contributed by atoms with E-state index in [1.165, 1.54) is 0 Å². The highest BCUT2D eigenvalue weighted by Crippen LogP contribution is 2.42. The van der Waals surface area contributed by atoms with Crippen LogP contribution in [0, 0.1) is 12.8 Å². The van der Waals surface area contributed by atoms with Gasteiger partial charge in [0.05, 0.1) is 45.2 Å². The zero-order chi connectivity index (χ0) is 29.5. The SMILES string of the molecule is CCOc1ccc(/C(O)=C2\C(=O)C(=O)N(CCN3CCOCC3)C2c2ccc(OCCC(C)C)c(OC)c2)cc1C. The van der Waals surface area contributed by atoms with Gasteiger partial charge in [-0.3, -0.25) is 14.5 Å². The highest BCUT2D eigenvalue weighted by atomic mass is 16.5. The number of ketones is 1. The van der Waals surface area contributed by atoms with E-state index in [0.29, 0.717) is 73.8 Å². The molecule has 1 unspecified atom stereocenters. The van der Waals surface area contributed by atoms with Crippen LogP contribution in [-0.2, 0) is 14.3 Å². The maximum absolute atomic E-state index is 13.5. The van der Waals surface area contributed by atoms with Gasteiger partial charge in [-0.05, 0) is 67.6 Å². The number of aryl methyl sites for hydroxylation is 1. The van der Waals surface area contributed by atoms with Gasteiger partial charge in [-0.1, -0.05) is 19.9 Å². The van der Waals surface area contributed by atoms with Crippen molar-refractivity contribution in [2.75, 3.05) is 59.7 Å². The Labute approximate surface area is 242 Å². The molecule has 2 saturated heterocycles. The van der Waals surface area contributed by atoms with E-state index in [1.54, 1.807) is 42.3 Å². The van der Waals surface area contributed by atoms with Gasteiger partial charge in [-0.2, -0.15) is 0 Å². The topological polar surface area (TPSA) is 97.8 Å². The highest BCUT2D eigenvalue weighted by molar-refractivity contribution is 6.46. The van der Waals surface area contributed by atoms with E-state index in [9.17, 15) is 14.7 Å². The molecule has 2 aromatic rings. The summed E-state index contributed by atoms with van der Waals surface area (Å²) in [5, 5.41) is 11.5. The molecule has 4 rings (SSSR count). The minimum absolute atomic E-state index is 0.0519. The fraction of sp³-hybridized carbons (Fsp3) is 0.500. The summed E-state index contributed by atoms with van der Waals surface area (Å²) >= 11 is 0. The third-order valence-corrected chi connectivity index (χ3v) is 7.51. The van der Waals surface area contributed by atoms with Crippen molar-refractivity contribution in [2.24, 2.45) is 5.92 Å². The van der Waals surface area contributed by atoms with Gasteiger partial charge in [-0.25, -0.2) is 0 Å². The number of aliphatic hydroxyl groups excluding tert-OH is 1. The minimum atomic E-state index is -0.790. The number of likely N-dealkylation sites (tertiary alicyclic amines) is 1. The Morgan fingerprint density at radius 3 is 2.41 bits per heavy atom. The highest BCUT2D eigenvalue weighted by Gasteiger charge is 2.46. The van der Waals surface area contributed by atoms with Crippen LogP contribution in [0.25, 0.3) is 5.76 Å². The number of amides is 1. The molecule has 2 aromatic carbocycles. The van der Waals surface area contributed by atoms with Crippen molar-refractivity contribution in [1.82, 2.24) is 9.80 Å². The van der Waals surface area contributed by atoms with E-state index in [4.69, 9.17) is 18.9 Å². The van der Waals surface area contributed by atoms with E-state index in [2.05, 4.69) is 18.7 Å². The molecule has 1 N–H and O–H groups in total. The van der Waals surface area contributed by atoms with Crippen LogP contribution in [-0.4, -0.2) is 86.3 Å². The van der Waals surface area contributed by atoms with Crippen molar-refractivity contribution >= 4 is 17.4 Å². The number of ether oxygens (including phenoxy) is 4. The van der Waals surface area contributed by atoms with Gasteiger partial charge in [0.2, 0.25) is 0 Å².